The van der Waals surface area contributed by atoms with Crippen LogP contribution in [-0.4, -0.2) is 35.6 Å². The van der Waals surface area contributed by atoms with Crippen LogP contribution in [0.2, 0.25) is 0 Å². The Balaban J connectivity index is 2.73. The molecule has 100 valence electrons. The Kier molecular flexibility index (Phi) is 6.34. The Morgan fingerprint density at radius 1 is 1.47 bits per heavy atom. The number of rotatable bonds is 6. The zero-order chi connectivity index (χ0) is 14.1. The van der Waals surface area contributed by atoms with Crippen molar-refractivity contribution in [3.05, 3.63) is 41.5 Å². The largest absolute Gasteiger partial charge is 0.395 e. The lowest BCUT2D eigenvalue weighted by Gasteiger charge is -2.18. The van der Waals surface area contributed by atoms with Crippen molar-refractivity contribution < 1.29 is 9.90 Å². The molecule has 0 aromatic heterocycles. The van der Waals surface area contributed by atoms with Gasteiger partial charge in [0, 0.05) is 19.2 Å². The molecule has 0 saturated heterocycles. The minimum atomic E-state index is -0.127. The van der Waals surface area contributed by atoms with E-state index in [4.69, 9.17) is 10.4 Å². The topological polar surface area (TPSA) is 64.3 Å². The molecule has 0 aliphatic carbocycles. The predicted octanol–water partition coefficient (Wildman–Crippen LogP) is 1.80. The lowest BCUT2D eigenvalue weighted by Crippen LogP contribution is -2.32. The van der Waals surface area contributed by atoms with Crippen molar-refractivity contribution in [2.45, 2.75) is 13.3 Å². The monoisotopic (exact) mass is 258 g/mol. The summed E-state index contributed by atoms with van der Waals surface area (Å²) in [5.41, 5.74) is 1.38. The van der Waals surface area contributed by atoms with Crippen molar-refractivity contribution in [3.63, 3.8) is 0 Å². The first-order valence-corrected chi connectivity index (χ1v) is 6.29. The molecule has 0 saturated carbocycles. The van der Waals surface area contributed by atoms with E-state index >= 15 is 0 Å². The van der Waals surface area contributed by atoms with Crippen LogP contribution >= 0.6 is 0 Å². The van der Waals surface area contributed by atoms with Gasteiger partial charge < -0.3 is 10.0 Å². The molecule has 0 radical (unpaired) electrons. The third kappa shape index (κ3) is 4.94. The number of nitriles is 1. The SMILES string of the molecule is CCCN(CCO)C(=O)C=Cc1cccc(C#N)c1. The molecule has 0 unspecified atom stereocenters. The first-order valence-electron chi connectivity index (χ1n) is 6.29. The van der Waals surface area contributed by atoms with Gasteiger partial charge in [0.2, 0.25) is 5.91 Å². The van der Waals surface area contributed by atoms with Crippen LogP contribution in [-0.2, 0) is 4.79 Å². The van der Waals surface area contributed by atoms with Crippen LogP contribution in [0.4, 0.5) is 0 Å². The van der Waals surface area contributed by atoms with Crippen molar-refractivity contribution in [2.24, 2.45) is 0 Å². The highest BCUT2D eigenvalue weighted by Gasteiger charge is 2.08. The highest BCUT2D eigenvalue weighted by atomic mass is 16.3. The molecular weight excluding hydrogens is 240 g/mol. The Morgan fingerprint density at radius 3 is 2.89 bits per heavy atom. The van der Waals surface area contributed by atoms with Gasteiger partial charge in [0.1, 0.15) is 0 Å². The van der Waals surface area contributed by atoms with E-state index in [1.54, 1.807) is 29.2 Å². The zero-order valence-corrected chi connectivity index (χ0v) is 11.0. The summed E-state index contributed by atoms with van der Waals surface area (Å²) in [6.45, 7) is 2.92. The fourth-order valence-corrected chi connectivity index (χ4v) is 1.71. The number of hydrogen-bond acceptors (Lipinski definition) is 3. The van der Waals surface area contributed by atoms with Gasteiger partial charge in [-0.05, 0) is 30.2 Å². The highest BCUT2D eigenvalue weighted by molar-refractivity contribution is 5.91. The summed E-state index contributed by atoms with van der Waals surface area (Å²) in [5.74, 6) is -0.127. The van der Waals surface area contributed by atoms with E-state index in [9.17, 15) is 4.79 Å². The molecule has 0 heterocycles. The molecule has 4 heteroatoms. The van der Waals surface area contributed by atoms with E-state index in [0.29, 0.717) is 18.7 Å². The van der Waals surface area contributed by atoms with Crippen LogP contribution in [0.3, 0.4) is 0 Å². The molecule has 4 nitrogen and oxygen atoms in total. The Bertz CT molecular complexity index is 483. The number of hydrogen-bond donors (Lipinski definition) is 1. The van der Waals surface area contributed by atoms with E-state index < -0.39 is 0 Å². The third-order valence-electron chi connectivity index (χ3n) is 2.61. The van der Waals surface area contributed by atoms with Crippen molar-refractivity contribution >= 4 is 12.0 Å². The number of aliphatic hydroxyl groups is 1. The van der Waals surface area contributed by atoms with Gasteiger partial charge in [0.15, 0.2) is 0 Å². The molecule has 0 atom stereocenters. The van der Waals surface area contributed by atoms with Crippen LogP contribution in [0.25, 0.3) is 6.08 Å². The number of aliphatic hydroxyl groups excluding tert-OH is 1. The van der Waals surface area contributed by atoms with Gasteiger partial charge in [0.05, 0.1) is 18.2 Å². The molecular formula is C15H18N2O2. The first-order chi connectivity index (χ1) is 9.21. The van der Waals surface area contributed by atoms with E-state index in [0.717, 1.165) is 12.0 Å². The second kappa shape index (κ2) is 8.06. The van der Waals surface area contributed by atoms with Gasteiger partial charge in [0.25, 0.3) is 0 Å². The quantitative estimate of drug-likeness (QED) is 0.791. The summed E-state index contributed by atoms with van der Waals surface area (Å²) in [7, 11) is 0. The standard InChI is InChI=1S/C15H18N2O2/c1-2-8-17(9-10-18)15(19)7-6-13-4-3-5-14(11-13)12-16/h3-7,11,18H,2,8-10H2,1H3. The highest BCUT2D eigenvalue weighted by Crippen LogP contribution is 2.06. The van der Waals surface area contributed by atoms with Crippen molar-refractivity contribution in [1.29, 1.82) is 5.26 Å². The molecule has 1 amide bonds. The van der Waals surface area contributed by atoms with Crippen molar-refractivity contribution in [2.75, 3.05) is 19.7 Å². The zero-order valence-electron chi connectivity index (χ0n) is 11.0. The Hall–Kier alpha value is -2.12. The first kappa shape index (κ1) is 14.9. The molecule has 0 bridgehead atoms. The average molecular weight is 258 g/mol. The summed E-state index contributed by atoms with van der Waals surface area (Å²) in [4.78, 5) is 13.5. The molecule has 0 spiro atoms. The second-order valence-electron chi connectivity index (χ2n) is 4.12. The predicted molar refractivity (Wildman–Crippen MR) is 74.1 cm³/mol. The summed E-state index contributed by atoms with van der Waals surface area (Å²) in [5, 5.41) is 17.7. The lowest BCUT2D eigenvalue weighted by molar-refractivity contribution is -0.126. The molecule has 1 aromatic rings. The second-order valence-corrected chi connectivity index (χ2v) is 4.12. The van der Waals surface area contributed by atoms with Gasteiger partial charge in [-0.1, -0.05) is 19.1 Å². The van der Waals surface area contributed by atoms with Crippen molar-refractivity contribution in [1.82, 2.24) is 4.90 Å². The minimum absolute atomic E-state index is 0.0382. The van der Waals surface area contributed by atoms with Crippen LogP contribution in [0.15, 0.2) is 30.3 Å². The van der Waals surface area contributed by atoms with Crippen LogP contribution in [0, 0.1) is 11.3 Å². The fourth-order valence-electron chi connectivity index (χ4n) is 1.71. The van der Waals surface area contributed by atoms with Gasteiger partial charge in [-0.15, -0.1) is 0 Å². The molecule has 1 N–H and O–H groups in total. The number of amides is 1. The van der Waals surface area contributed by atoms with Gasteiger partial charge >= 0.3 is 0 Å². The molecule has 1 rings (SSSR count). The van der Waals surface area contributed by atoms with Crippen LogP contribution in [0.1, 0.15) is 24.5 Å². The third-order valence-corrected chi connectivity index (χ3v) is 2.61. The van der Waals surface area contributed by atoms with E-state index in [1.807, 2.05) is 13.0 Å². The van der Waals surface area contributed by atoms with Gasteiger partial charge in [-0.3, -0.25) is 4.79 Å². The van der Waals surface area contributed by atoms with E-state index in [-0.39, 0.29) is 12.5 Å². The van der Waals surface area contributed by atoms with Crippen LogP contribution < -0.4 is 0 Å². The summed E-state index contributed by atoms with van der Waals surface area (Å²) in [6, 6.07) is 9.11. The van der Waals surface area contributed by atoms with Crippen LogP contribution in [0.5, 0.6) is 0 Å². The molecule has 1 aromatic carbocycles. The van der Waals surface area contributed by atoms with E-state index in [1.165, 1.54) is 6.08 Å². The molecule has 19 heavy (non-hydrogen) atoms. The number of benzene rings is 1. The van der Waals surface area contributed by atoms with Gasteiger partial charge in [-0.25, -0.2) is 0 Å². The summed E-state index contributed by atoms with van der Waals surface area (Å²) in [6.07, 6.45) is 4.01. The minimum Gasteiger partial charge on any atom is -0.395 e. The smallest absolute Gasteiger partial charge is 0.246 e. The van der Waals surface area contributed by atoms with Gasteiger partial charge in [-0.2, -0.15) is 5.26 Å². The molecule has 0 aliphatic heterocycles. The average Bonchev–Trinajstić information content (AvgIpc) is 2.44. The number of carbonyl (C=O) groups excluding carboxylic acids is 1. The number of carbonyl (C=O) groups is 1. The molecule has 0 aliphatic rings. The maximum Gasteiger partial charge on any atom is 0.246 e. The lowest BCUT2D eigenvalue weighted by atomic mass is 10.1. The fraction of sp³-hybridized carbons (Fsp3) is 0.333. The number of nitrogens with zero attached hydrogens (tertiary/aromatic N) is 2. The van der Waals surface area contributed by atoms with Crippen molar-refractivity contribution in [3.8, 4) is 6.07 Å². The maximum absolute atomic E-state index is 11.9. The maximum atomic E-state index is 11.9. The summed E-state index contributed by atoms with van der Waals surface area (Å²) < 4.78 is 0. The Labute approximate surface area is 113 Å². The summed E-state index contributed by atoms with van der Waals surface area (Å²) >= 11 is 0. The molecule has 0 fully saturated rings. The normalized spacial score (nSPS) is 10.4. The Morgan fingerprint density at radius 2 is 2.26 bits per heavy atom. The van der Waals surface area contributed by atoms with E-state index in [2.05, 4.69) is 6.07 Å².